The van der Waals surface area contributed by atoms with Crippen LogP contribution < -0.4 is 0 Å². The third-order valence-electron chi connectivity index (χ3n) is 3.34. The van der Waals surface area contributed by atoms with Gasteiger partial charge in [0.05, 0.1) is 0 Å². The minimum absolute atomic E-state index is 0. The van der Waals surface area contributed by atoms with Crippen molar-refractivity contribution in [2.24, 2.45) is 0 Å². The summed E-state index contributed by atoms with van der Waals surface area (Å²) in [6.45, 7) is 2.19. The smallest absolute Gasteiger partial charge is 0.0167 e. The van der Waals surface area contributed by atoms with Crippen molar-refractivity contribution in [3.8, 4) is 11.3 Å². The number of fused-ring (bicyclic) bond motifs is 1. The van der Waals surface area contributed by atoms with Crippen LogP contribution in [0.15, 0.2) is 54.7 Å². The molecule has 0 aliphatic heterocycles. The van der Waals surface area contributed by atoms with Gasteiger partial charge in [-0.15, -0.1) is 35.4 Å². The zero-order valence-corrected chi connectivity index (χ0v) is 13.8. The Hall–Kier alpha value is -1.50. The van der Waals surface area contributed by atoms with Gasteiger partial charge in [-0.25, -0.2) is 0 Å². The molecule has 3 rings (SSSR count). The van der Waals surface area contributed by atoms with Gasteiger partial charge in [0.25, 0.3) is 0 Å². The Kier molecular flexibility index (Phi) is 5.05. The second kappa shape index (κ2) is 6.78. The van der Waals surface area contributed by atoms with Gasteiger partial charge < -0.3 is 4.98 Å². The van der Waals surface area contributed by atoms with Gasteiger partial charge in [0.1, 0.15) is 0 Å². The Bertz CT molecular complexity index is 684. The summed E-state index contributed by atoms with van der Waals surface area (Å²) in [5.41, 5.74) is 3.42. The number of aryl methyl sites for hydroxylation is 1. The van der Waals surface area contributed by atoms with Gasteiger partial charge in [-0.05, 0) is 22.5 Å². The van der Waals surface area contributed by atoms with Crippen molar-refractivity contribution in [1.82, 2.24) is 4.98 Å². The van der Waals surface area contributed by atoms with E-state index in [0.717, 1.165) is 17.7 Å². The molecule has 1 heterocycles. The molecule has 0 spiro atoms. The van der Waals surface area contributed by atoms with E-state index >= 15 is 0 Å². The fourth-order valence-corrected chi connectivity index (χ4v) is 2.38. The van der Waals surface area contributed by atoms with E-state index in [9.17, 15) is 0 Å². The van der Waals surface area contributed by atoms with Gasteiger partial charge in [-0.2, -0.15) is 0 Å². The first-order valence-corrected chi connectivity index (χ1v) is 6.73. The van der Waals surface area contributed by atoms with Crippen molar-refractivity contribution in [2.45, 2.75) is 19.8 Å². The summed E-state index contributed by atoms with van der Waals surface area (Å²) in [6.07, 6.45) is 4.14. The minimum atomic E-state index is 0. The molecule has 0 N–H and O–H groups in total. The van der Waals surface area contributed by atoms with E-state index in [1.165, 1.54) is 22.8 Å². The Morgan fingerprint density at radius 1 is 1.05 bits per heavy atom. The van der Waals surface area contributed by atoms with Gasteiger partial charge in [0.15, 0.2) is 0 Å². The van der Waals surface area contributed by atoms with E-state index in [2.05, 4.69) is 60.4 Å². The molecule has 2 aromatic carbocycles. The first-order chi connectivity index (χ1) is 9.38. The number of nitrogens with zero attached hydrogens (tertiary/aromatic N) is 1. The van der Waals surface area contributed by atoms with Gasteiger partial charge in [-0.1, -0.05) is 44.0 Å². The third-order valence-corrected chi connectivity index (χ3v) is 3.34. The third kappa shape index (κ3) is 2.98. The Labute approximate surface area is 133 Å². The first-order valence-electron chi connectivity index (χ1n) is 6.73. The summed E-state index contributed by atoms with van der Waals surface area (Å²) in [7, 11) is 0. The van der Waals surface area contributed by atoms with Crippen molar-refractivity contribution >= 4 is 10.8 Å². The van der Waals surface area contributed by atoms with Crippen LogP contribution in [0.5, 0.6) is 0 Å². The zero-order valence-electron chi connectivity index (χ0n) is 11.4. The van der Waals surface area contributed by atoms with Crippen LogP contribution >= 0.6 is 0 Å². The summed E-state index contributed by atoms with van der Waals surface area (Å²) >= 11 is 0. The molecule has 3 aromatic rings. The van der Waals surface area contributed by atoms with E-state index in [-0.39, 0.29) is 20.1 Å². The van der Waals surface area contributed by atoms with Crippen molar-refractivity contribution in [3.05, 3.63) is 66.4 Å². The fraction of sp³-hybridized carbons (Fsp3) is 0.167. The van der Waals surface area contributed by atoms with Crippen LogP contribution in [-0.4, -0.2) is 4.98 Å². The van der Waals surface area contributed by atoms with Crippen molar-refractivity contribution in [3.63, 3.8) is 0 Å². The van der Waals surface area contributed by atoms with E-state index in [4.69, 9.17) is 0 Å². The summed E-state index contributed by atoms with van der Waals surface area (Å²) in [6, 6.07) is 20.1. The topological polar surface area (TPSA) is 12.9 Å². The molecule has 2 heteroatoms. The predicted molar refractivity (Wildman–Crippen MR) is 80.0 cm³/mol. The average Bonchev–Trinajstić information content (AvgIpc) is 2.48. The van der Waals surface area contributed by atoms with E-state index in [1.54, 1.807) is 0 Å². The van der Waals surface area contributed by atoms with Crippen LogP contribution in [0.1, 0.15) is 18.9 Å². The molecular weight excluding hydrogens is 422 g/mol. The zero-order chi connectivity index (χ0) is 13.1. The Balaban J connectivity index is 0.00000147. The molecule has 0 fully saturated rings. The van der Waals surface area contributed by atoms with Crippen LogP contribution in [0.25, 0.3) is 22.0 Å². The number of rotatable bonds is 3. The molecule has 1 nitrogen and oxygen atoms in total. The predicted octanol–water partition coefficient (Wildman–Crippen LogP) is 4.65. The molecule has 0 amide bonds. The molecule has 0 bridgehead atoms. The number of pyridine rings is 1. The second-order valence-corrected chi connectivity index (χ2v) is 4.74. The van der Waals surface area contributed by atoms with Crippen molar-refractivity contribution in [2.75, 3.05) is 0 Å². The van der Waals surface area contributed by atoms with E-state index in [0.29, 0.717) is 0 Å². The Morgan fingerprint density at radius 3 is 2.65 bits per heavy atom. The van der Waals surface area contributed by atoms with Crippen LogP contribution in [-0.2, 0) is 26.5 Å². The van der Waals surface area contributed by atoms with Crippen LogP contribution in [0.2, 0.25) is 0 Å². The monoisotopic (exact) mass is 439 g/mol. The van der Waals surface area contributed by atoms with Crippen LogP contribution in [0.3, 0.4) is 0 Å². The number of aromatic nitrogens is 1. The maximum Gasteiger partial charge on any atom is 0.0167 e. The van der Waals surface area contributed by atoms with Crippen molar-refractivity contribution < 1.29 is 20.1 Å². The molecule has 1 radical (unpaired) electrons. The van der Waals surface area contributed by atoms with Gasteiger partial charge in [0, 0.05) is 26.3 Å². The van der Waals surface area contributed by atoms with Crippen molar-refractivity contribution in [1.29, 1.82) is 0 Å². The molecule has 0 saturated heterocycles. The minimum Gasteiger partial charge on any atom is -0.304 e. The Morgan fingerprint density at radius 2 is 1.90 bits per heavy atom. The molecule has 103 valence electrons. The maximum absolute atomic E-state index is 4.52. The molecule has 0 saturated carbocycles. The molecule has 0 atom stereocenters. The quantitative estimate of drug-likeness (QED) is 0.543. The standard InChI is InChI=1S/C18H16N.Ir/c1-2-5-14-8-10-16(11-9-14)18-17-7-4-3-6-15(17)12-13-19-18;/h3-4,6-10,12-13H,2,5H2,1H3;/q-1;. The SMILES string of the molecule is CCCc1c[c-]c(-c2nccc3ccccc23)cc1.[Ir]. The largest absolute Gasteiger partial charge is 0.304 e. The molecule has 0 aliphatic carbocycles. The first kappa shape index (κ1) is 14.9. The second-order valence-electron chi connectivity index (χ2n) is 4.74. The molecule has 0 aliphatic rings. The van der Waals surface area contributed by atoms with Gasteiger partial charge >= 0.3 is 0 Å². The molecular formula is C18H16IrN-. The summed E-state index contributed by atoms with van der Waals surface area (Å²) < 4.78 is 0. The van der Waals surface area contributed by atoms with Crippen LogP contribution in [0.4, 0.5) is 0 Å². The molecule has 0 unspecified atom stereocenters. The van der Waals surface area contributed by atoms with Gasteiger partial charge in [-0.3, -0.25) is 0 Å². The van der Waals surface area contributed by atoms with E-state index in [1.807, 2.05) is 12.3 Å². The summed E-state index contributed by atoms with van der Waals surface area (Å²) in [4.78, 5) is 4.52. The van der Waals surface area contributed by atoms with E-state index < -0.39 is 0 Å². The number of hydrogen-bond donors (Lipinski definition) is 0. The maximum atomic E-state index is 4.52. The molecule has 20 heavy (non-hydrogen) atoms. The van der Waals surface area contributed by atoms with Gasteiger partial charge in [0.2, 0.25) is 0 Å². The van der Waals surface area contributed by atoms with Crippen LogP contribution in [0, 0.1) is 6.07 Å². The summed E-state index contributed by atoms with van der Waals surface area (Å²) in [5.74, 6) is 0. The summed E-state index contributed by atoms with van der Waals surface area (Å²) in [5, 5.41) is 2.41. The average molecular weight is 439 g/mol. The number of hydrogen-bond acceptors (Lipinski definition) is 1. The molecule has 1 aromatic heterocycles. The number of benzene rings is 2. The fourth-order valence-electron chi connectivity index (χ4n) is 2.38. The normalized spacial score (nSPS) is 10.2.